The van der Waals surface area contributed by atoms with Crippen molar-refractivity contribution in [2.45, 2.75) is 41.5 Å². The van der Waals surface area contributed by atoms with Gasteiger partial charge in [-0.1, -0.05) is 252 Å². The molecule has 6 heterocycles. The lowest BCUT2D eigenvalue weighted by Crippen LogP contribution is -2.01. The van der Waals surface area contributed by atoms with E-state index in [9.17, 15) is 9.59 Å². The quantitative estimate of drug-likeness (QED) is 0.128. The van der Waals surface area contributed by atoms with E-state index in [1.54, 1.807) is 0 Å². The highest BCUT2D eigenvalue weighted by Gasteiger charge is 2.25. The van der Waals surface area contributed by atoms with Crippen LogP contribution in [0.4, 0.5) is 0 Å². The molecule has 0 saturated heterocycles. The summed E-state index contributed by atoms with van der Waals surface area (Å²) in [6.07, 6.45) is 0. The van der Waals surface area contributed by atoms with Gasteiger partial charge < -0.3 is 27.4 Å². The van der Waals surface area contributed by atoms with Gasteiger partial charge in [0.2, 0.25) is 0 Å². The average molecular weight is 1520 g/mol. The van der Waals surface area contributed by atoms with Crippen LogP contribution in [0.2, 0.25) is 0 Å². The largest absolute Gasteiger partial charge is 0.309 e. The number of hydrogen-bond donors (Lipinski definition) is 0. The Kier molecular flexibility index (Phi) is 17.1. The molecule has 0 spiro atoms. The second kappa shape index (κ2) is 28.5. The van der Waals surface area contributed by atoms with Crippen LogP contribution < -0.4 is 0 Å². The summed E-state index contributed by atoms with van der Waals surface area (Å²) in [6.45, 7) is 12.8. The van der Waals surface area contributed by atoms with Crippen LogP contribution >= 0.6 is 0 Å². The van der Waals surface area contributed by atoms with E-state index in [1.165, 1.54) is 143 Å². The molecule has 23 aromatic rings. The number of para-hydroxylation sites is 4. The maximum Gasteiger partial charge on any atom is 0.193 e. The third-order valence-corrected chi connectivity index (χ3v) is 23.9. The fourth-order valence-electron chi connectivity index (χ4n) is 18.1. The molecule has 17 aromatic carbocycles. The van der Waals surface area contributed by atoms with Crippen molar-refractivity contribution in [1.82, 2.24) is 27.4 Å². The molecular formula is C110H80N6O2. The minimum Gasteiger partial charge on any atom is -0.309 e. The molecule has 0 saturated carbocycles. The third-order valence-electron chi connectivity index (χ3n) is 23.9. The first-order valence-corrected chi connectivity index (χ1v) is 40.4. The highest BCUT2D eigenvalue weighted by Crippen LogP contribution is 2.45. The molecule has 118 heavy (non-hydrogen) atoms. The molecule has 8 heteroatoms. The Labute approximate surface area is 682 Å². The minimum absolute atomic E-state index is 0.00367. The summed E-state index contributed by atoms with van der Waals surface area (Å²) in [5.41, 5.74) is 30.9. The molecule has 0 atom stereocenters. The fourth-order valence-corrected chi connectivity index (χ4v) is 18.1. The van der Waals surface area contributed by atoms with Crippen molar-refractivity contribution in [3.05, 3.63) is 432 Å². The molecule has 8 nitrogen and oxygen atoms in total. The molecule has 0 radical (unpaired) electrons. The number of carbonyl (C=O) groups is 2. The van der Waals surface area contributed by atoms with E-state index in [4.69, 9.17) is 0 Å². The Morgan fingerprint density at radius 2 is 0.373 bits per heavy atom. The van der Waals surface area contributed by atoms with Crippen LogP contribution in [0.1, 0.15) is 65.2 Å². The molecule has 0 amide bonds. The lowest BCUT2D eigenvalue weighted by atomic mass is 10.0. The van der Waals surface area contributed by atoms with Crippen molar-refractivity contribution < 1.29 is 9.59 Å². The van der Waals surface area contributed by atoms with Crippen molar-refractivity contribution in [1.29, 1.82) is 0 Å². The second-order valence-corrected chi connectivity index (χ2v) is 31.6. The topological polar surface area (TPSA) is 63.7 Å². The van der Waals surface area contributed by atoms with Crippen molar-refractivity contribution in [2.24, 2.45) is 0 Å². The van der Waals surface area contributed by atoms with Crippen molar-refractivity contribution >= 4 is 142 Å². The van der Waals surface area contributed by atoms with Crippen LogP contribution in [0.3, 0.4) is 0 Å². The standard InChI is InChI=1S/C46H32N2O2.2C32H24N2/c1-29-13-19-35(20-14-29)47-41-25-33(45(49)31-9-5-3-6-10-31)17-23-37(41)39-28-44-40(27-43(39)47)38-24-18-34(46(50)32-11-7-4-8-12-32)26-42(38)48(44)36-21-15-30(2)16-22-36;1-21-12-15-24(16-13-21)34-29-11-7-6-10-25(29)27-19-32-28(20-31(27)34)26-18-22(2)14-17-30(26)33(32)23-8-4-3-5-9-23;1-21-12-15-24(16-13-21)33-29-11-7-6-10-25(29)27-19-32-28(20-31(27)33)26-17-14-22(2)18-30(26)34(32)23-8-4-3-5-9-23/h3-28H,1-2H3;2*3-20H,1-2H3. The van der Waals surface area contributed by atoms with Crippen LogP contribution in [-0.4, -0.2) is 39.0 Å². The van der Waals surface area contributed by atoms with Crippen LogP contribution in [0.15, 0.2) is 376 Å². The van der Waals surface area contributed by atoms with Crippen molar-refractivity contribution in [2.75, 3.05) is 0 Å². The summed E-state index contributed by atoms with van der Waals surface area (Å²) < 4.78 is 14.2. The molecule has 0 aliphatic carbocycles. The smallest absolute Gasteiger partial charge is 0.193 e. The van der Waals surface area contributed by atoms with Crippen LogP contribution in [0.25, 0.3) is 165 Å². The van der Waals surface area contributed by atoms with Crippen molar-refractivity contribution in [3.63, 3.8) is 0 Å². The van der Waals surface area contributed by atoms with Gasteiger partial charge in [0.15, 0.2) is 11.6 Å². The van der Waals surface area contributed by atoms with Gasteiger partial charge in [0.1, 0.15) is 0 Å². The van der Waals surface area contributed by atoms with Crippen molar-refractivity contribution in [3.8, 4) is 34.1 Å². The van der Waals surface area contributed by atoms with Gasteiger partial charge in [0.05, 0.1) is 66.2 Å². The first kappa shape index (κ1) is 70.7. The predicted octanol–water partition coefficient (Wildman–Crippen LogP) is 28.0. The van der Waals surface area contributed by atoms with Gasteiger partial charge in [0.25, 0.3) is 0 Å². The Morgan fingerprint density at radius 3 is 0.720 bits per heavy atom. The lowest BCUT2D eigenvalue weighted by Gasteiger charge is -2.10. The monoisotopic (exact) mass is 1520 g/mol. The van der Waals surface area contributed by atoms with Gasteiger partial charge in [-0.05, 0) is 199 Å². The molecule has 0 bridgehead atoms. The first-order valence-electron chi connectivity index (χ1n) is 40.4. The molecule has 0 unspecified atom stereocenters. The van der Waals surface area contributed by atoms with Gasteiger partial charge in [-0.2, -0.15) is 0 Å². The zero-order valence-corrected chi connectivity index (χ0v) is 66.3. The van der Waals surface area contributed by atoms with Gasteiger partial charge in [0, 0.05) is 121 Å². The summed E-state index contributed by atoms with van der Waals surface area (Å²) in [5, 5.41) is 14.6. The summed E-state index contributed by atoms with van der Waals surface area (Å²) in [7, 11) is 0. The lowest BCUT2D eigenvalue weighted by molar-refractivity contribution is 0.103. The molecule has 0 aliphatic rings. The fraction of sp³-hybridized carbons (Fsp3) is 0.0545. The first-order chi connectivity index (χ1) is 57.8. The van der Waals surface area contributed by atoms with Gasteiger partial charge in [-0.3, -0.25) is 9.59 Å². The molecule has 23 rings (SSSR count). The van der Waals surface area contributed by atoms with Crippen LogP contribution in [-0.2, 0) is 0 Å². The molecule has 0 fully saturated rings. The number of ketones is 2. The zero-order chi connectivity index (χ0) is 79.6. The number of hydrogen-bond acceptors (Lipinski definition) is 2. The molecule has 6 aromatic heterocycles. The second-order valence-electron chi connectivity index (χ2n) is 31.6. The Hall–Kier alpha value is -15.1. The Bertz CT molecular complexity index is 7740. The van der Waals surface area contributed by atoms with Gasteiger partial charge >= 0.3 is 0 Å². The van der Waals surface area contributed by atoms with E-state index in [2.05, 4.69) is 360 Å². The van der Waals surface area contributed by atoms with E-state index < -0.39 is 0 Å². The molecular weight excluding hydrogens is 1440 g/mol. The summed E-state index contributed by atoms with van der Waals surface area (Å²) >= 11 is 0. The van der Waals surface area contributed by atoms with E-state index in [0.717, 1.165) is 55.0 Å². The third kappa shape index (κ3) is 11.9. The highest BCUT2D eigenvalue weighted by molar-refractivity contribution is 6.24. The number of aromatic nitrogens is 6. The Balaban J connectivity index is 0.000000113. The summed E-state index contributed by atoms with van der Waals surface area (Å²) in [4.78, 5) is 27.3. The number of rotatable bonds is 10. The highest BCUT2D eigenvalue weighted by atomic mass is 16.1. The number of aryl methyl sites for hydroxylation is 6. The molecule has 0 N–H and O–H groups in total. The van der Waals surface area contributed by atoms with Gasteiger partial charge in [-0.15, -0.1) is 0 Å². The van der Waals surface area contributed by atoms with E-state index in [1.807, 2.05) is 84.9 Å². The van der Waals surface area contributed by atoms with Gasteiger partial charge in [-0.25, -0.2) is 0 Å². The maximum absolute atomic E-state index is 13.6. The van der Waals surface area contributed by atoms with Crippen LogP contribution in [0.5, 0.6) is 0 Å². The predicted molar refractivity (Wildman–Crippen MR) is 494 cm³/mol. The Morgan fingerprint density at radius 1 is 0.153 bits per heavy atom. The summed E-state index contributed by atoms with van der Waals surface area (Å²) in [6, 6.07) is 132. The number of nitrogens with zero attached hydrogens (tertiary/aromatic N) is 6. The molecule has 0 aliphatic heterocycles. The average Bonchev–Trinajstić information content (AvgIpc) is 1.57. The van der Waals surface area contributed by atoms with E-state index >= 15 is 0 Å². The number of carbonyl (C=O) groups excluding carboxylic acids is 2. The number of fused-ring (bicyclic) bond motifs is 18. The minimum atomic E-state index is -0.00367. The normalized spacial score (nSPS) is 11.7. The number of benzene rings is 17. The summed E-state index contributed by atoms with van der Waals surface area (Å²) in [5.74, 6) is -0.00734. The molecule has 562 valence electrons. The zero-order valence-electron chi connectivity index (χ0n) is 66.3. The maximum atomic E-state index is 13.6. The van der Waals surface area contributed by atoms with E-state index in [-0.39, 0.29) is 11.6 Å². The SMILES string of the molecule is Cc1ccc(-n2c3cc(C(=O)c4ccccc4)ccc3c3cc4c(cc32)c2ccc(C(=O)c3ccccc3)cc2n4-c2ccc(C)cc2)cc1.Cc1ccc(-n2c3ccccc3c3cc4c(cc32)c2cc(C)ccc2n4-c2ccccc2)cc1.Cc1ccc(-n2c3ccccc3c3cc4c(cc32)c2ccc(C)cc2n4-c2ccccc2)cc1. The van der Waals surface area contributed by atoms with Crippen LogP contribution in [0, 0.1) is 41.5 Å². The van der Waals surface area contributed by atoms with E-state index in [0.29, 0.717) is 22.3 Å².